The van der Waals surface area contributed by atoms with Gasteiger partial charge in [0.15, 0.2) is 0 Å². The lowest BCUT2D eigenvalue weighted by atomic mass is 10.00. The van der Waals surface area contributed by atoms with Crippen LogP contribution in [0.2, 0.25) is 0 Å². The van der Waals surface area contributed by atoms with Gasteiger partial charge in [0.2, 0.25) is 0 Å². The highest BCUT2D eigenvalue weighted by Crippen LogP contribution is 2.12. The molecule has 0 amide bonds. The first-order valence-electron chi connectivity index (χ1n) is 3.34. The Kier molecular flexibility index (Phi) is 3.97. The number of methoxy groups -OCH3 is 1. The van der Waals surface area contributed by atoms with Crippen LogP contribution in [0.25, 0.3) is 0 Å². The first-order chi connectivity index (χ1) is 5.17. The number of ether oxygens (including phenoxy) is 1. The van der Waals surface area contributed by atoms with E-state index in [9.17, 15) is 4.79 Å². The molecule has 0 bridgehead atoms. The molecule has 0 aromatic heterocycles. The van der Waals surface area contributed by atoms with Crippen molar-refractivity contribution in [2.24, 2.45) is 5.92 Å². The van der Waals surface area contributed by atoms with E-state index in [-0.39, 0.29) is 5.57 Å². The minimum absolute atomic E-state index is 0.234. The van der Waals surface area contributed by atoms with Crippen molar-refractivity contribution >= 4 is 5.97 Å². The number of nitrogens with zero attached hydrogens (tertiary/aromatic N) is 1. The second-order valence-electron chi connectivity index (χ2n) is 2.11. The Balaban J connectivity index is 4.24. The molecule has 0 N–H and O–H groups in total. The van der Waals surface area contributed by atoms with Gasteiger partial charge in [-0.2, -0.15) is 5.26 Å². The fourth-order valence-corrected chi connectivity index (χ4v) is 0.689. The maximum atomic E-state index is 10.8. The molecular weight excluding hydrogens is 142 g/mol. The quantitative estimate of drug-likeness (QED) is 0.453. The predicted octanol–water partition coefficient (Wildman–Crippen LogP) is 1.27. The summed E-state index contributed by atoms with van der Waals surface area (Å²) in [6.45, 7) is 5.29. The molecule has 0 aliphatic carbocycles. The number of nitriles is 1. The summed E-state index contributed by atoms with van der Waals surface area (Å²) in [5, 5.41) is 8.52. The van der Waals surface area contributed by atoms with Crippen LogP contribution in [0.5, 0.6) is 0 Å². The van der Waals surface area contributed by atoms with Crippen LogP contribution >= 0.6 is 0 Å². The first kappa shape index (κ1) is 9.70. The van der Waals surface area contributed by atoms with Crippen LogP contribution in [0, 0.1) is 17.2 Å². The zero-order valence-electron chi connectivity index (χ0n) is 6.76. The minimum Gasteiger partial charge on any atom is -0.466 e. The van der Waals surface area contributed by atoms with Crippen LogP contribution in [0.3, 0.4) is 0 Å². The molecule has 0 heterocycles. The third kappa shape index (κ3) is 2.42. The Morgan fingerprint density at radius 1 is 1.82 bits per heavy atom. The average molecular weight is 153 g/mol. The van der Waals surface area contributed by atoms with Crippen molar-refractivity contribution in [1.29, 1.82) is 5.26 Å². The van der Waals surface area contributed by atoms with Gasteiger partial charge < -0.3 is 4.74 Å². The number of carbonyl (C=O) groups excluding carboxylic acids is 1. The summed E-state index contributed by atoms with van der Waals surface area (Å²) in [7, 11) is 1.28. The molecule has 0 spiro atoms. The van der Waals surface area contributed by atoms with Gasteiger partial charge in [-0.25, -0.2) is 4.79 Å². The molecule has 1 atom stereocenters. The summed E-state index contributed by atoms with van der Waals surface area (Å²) in [5.41, 5.74) is 0.234. The number of rotatable bonds is 3. The van der Waals surface area contributed by atoms with Gasteiger partial charge in [-0.15, -0.1) is 0 Å². The highest BCUT2D eigenvalue weighted by molar-refractivity contribution is 5.88. The molecule has 0 fully saturated rings. The first-order valence-corrected chi connectivity index (χ1v) is 3.34. The molecule has 0 aromatic carbocycles. The summed E-state index contributed by atoms with van der Waals surface area (Å²) in [5.74, 6) is -0.916. The number of hydrogen-bond donors (Lipinski definition) is 0. The Labute approximate surface area is 66.3 Å². The van der Waals surface area contributed by atoms with Gasteiger partial charge in [0.1, 0.15) is 0 Å². The van der Waals surface area contributed by atoms with E-state index in [2.05, 4.69) is 11.3 Å². The van der Waals surface area contributed by atoms with E-state index in [1.165, 1.54) is 7.11 Å². The van der Waals surface area contributed by atoms with E-state index in [1.807, 2.05) is 13.0 Å². The van der Waals surface area contributed by atoms with Crippen LogP contribution in [-0.2, 0) is 9.53 Å². The Hall–Kier alpha value is -1.30. The molecule has 0 aliphatic rings. The number of carbonyl (C=O) groups is 1. The topological polar surface area (TPSA) is 50.1 Å². The molecule has 0 rings (SSSR count). The van der Waals surface area contributed by atoms with Gasteiger partial charge in [0.25, 0.3) is 0 Å². The van der Waals surface area contributed by atoms with Crippen molar-refractivity contribution in [3.8, 4) is 6.07 Å². The van der Waals surface area contributed by atoms with E-state index >= 15 is 0 Å². The maximum absolute atomic E-state index is 10.8. The van der Waals surface area contributed by atoms with Crippen LogP contribution in [0.1, 0.15) is 13.3 Å². The van der Waals surface area contributed by atoms with Crippen molar-refractivity contribution in [1.82, 2.24) is 0 Å². The van der Waals surface area contributed by atoms with Gasteiger partial charge in [-0.3, -0.25) is 0 Å². The molecule has 3 heteroatoms. The molecule has 3 nitrogen and oxygen atoms in total. The molecule has 11 heavy (non-hydrogen) atoms. The van der Waals surface area contributed by atoms with Gasteiger partial charge in [0, 0.05) is 5.57 Å². The summed E-state index contributed by atoms with van der Waals surface area (Å²) < 4.78 is 4.41. The monoisotopic (exact) mass is 153 g/mol. The van der Waals surface area contributed by atoms with Gasteiger partial charge in [-0.05, 0) is 6.42 Å². The molecule has 0 radical (unpaired) electrons. The van der Waals surface area contributed by atoms with E-state index in [4.69, 9.17) is 5.26 Å². The fourth-order valence-electron chi connectivity index (χ4n) is 0.689. The largest absolute Gasteiger partial charge is 0.466 e. The lowest BCUT2D eigenvalue weighted by Gasteiger charge is -2.06. The molecule has 0 aliphatic heterocycles. The van der Waals surface area contributed by atoms with Gasteiger partial charge >= 0.3 is 5.97 Å². The summed E-state index contributed by atoms with van der Waals surface area (Å²) in [4.78, 5) is 10.8. The van der Waals surface area contributed by atoms with E-state index < -0.39 is 11.9 Å². The molecular formula is C8H11NO2. The molecule has 0 saturated carbocycles. The molecule has 0 saturated heterocycles. The van der Waals surface area contributed by atoms with Crippen molar-refractivity contribution in [2.45, 2.75) is 13.3 Å². The zero-order chi connectivity index (χ0) is 8.85. The van der Waals surface area contributed by atoms with Crippen LogP contribution in [0.15, 0.2) is 12.2 Å². The second-order valence-corrected chi connectivity index (χ2v) is 2.11. The second kappa shape index (κ2) is 4.51. The minimum atomic E-state index is -0.501. The molecule has 0 aromatic rings. The number of esters is 1. The normalized spacial score (nSPS) is 11.4. The zero-order valence-corrected chi connectivity index (χ0v) is 6.76. The van der Waals surface area contributed by atoms with E-state index in [0.29, 0.717) is 6.42 Å². The lowest BCUT2D eigenvalue weighted by Crippen LogP contribution is -2.11. The third-order valence-electron chi connectivity index (χ3n) is 1.43. The summed E-state index contributed by atoms with van der Waals surface area (Å²) in [6, 6.07) is 1.97. The fraction of sp³-hybridized carbons (Fsp3) is 0.500. The SMILES string of the molecule is C=C(C(=O)OC)C(C#N)CC. The van der Waals surface area contributed by atoms with Crippen LogP contribution in [-0.4, -0.2) is 13.1 Å². The average Bonchev–Trinajstić information content (AvgIpc) is 2.05. The molecule has 60 valence electrons. The number of hydrogen-bond acceptors (Lipinski definition) is 3. The van der Waals surface area contributed by atoms with Crippen LogP contribution in [0.4, 0.5) is 0 Å². The van der Waals surface area contributed by atoms with Crippen molar-refractivity contribution in [3.05, 3.63) is 12.2 Å². The van der Waals surface area contributed by atoms with E-state index in [1.54, 1.807) is 0 Å². The van der Waals surface area contributed by atoms with Gasteiger partial charge in [0.05, 0.1) is 19.1 Å². The van der Waals surface area contributed by atoms with Crippen molar-refractivity contribution in [2.75, 3.05) is 7.11 Å². The highest BCUT2D eigenvalue weighted by Gasteiger charge is 2.16. The summed E-state index contributed by atoms with van der Waals surface area (Å²) >= 11 is 0. The summed E-state index contributed by atoms with van der Waals surface area (Å²) in [6.07, 6.45) is 0.588. The van der Waals surface area contributed by atoms with Crippen molar-refractivity contribution in [3.63, 3.8) is 0 Å². The standard InChI is InChI=1S/C8H11NO2/c1-4-7(5-9)6(2)8(10)11-3/h7H,2,4H2,1,3H3. The Morgan fingerprint density at radius 2 is 2.36 bits per heavy atom. The lowest BCUT2D eigenvalue weighted by molar-refractivity contribution is -0.136. The predicted molar refractivity (Wildman–Crippen MR) is 40.6 cm³/mol. The van der Waals surface area contributed by atoms with Crippen LogP contribution < -0.4 is 0 Å². The highest BCUT2D eigenvalue weighted by atomic mass is 16.5. The van der Waals surface area contributed by atoms with Gasteiger partial charge in [-0.1, -0.05) is 13.5 Å². The smallest absolute Gasteiger partial charge is 0.334 e. The maximum Gasteiger partial charge on any atom is 0.334 e. The van der Waals surface area contributed by atoms with Crippen molar-refractivity contribution < 1.29 is 9.53 Å². The molecule has 1 unspecified atom stereocenters. The van der Waals surface area contributed by atoms with E-state index in [0.717, 1.165) is 0 Å². The Morgan fingerprint density at radius 3 is 2.64 bits per heavy atom. The third-order valence-corrected chi connectivity index (χ3v) is 1.43. The Bertz CT molecular complexity index is 203.